The topological polar surface area (TPSA) is 38.1 Å². The molecule has 1 aliphatic heterocycles. The van der Waals surface area contributed by atoms with Gasteiger partial charge < -0.3 is 9.47 Å². The third kappa shape index (κ3) is 2.46. The normalized spacial score (nSPS) is 19.9. The van der Waals surface area contributed by atoms with Crippen molar-refractivity contribution in [2.75, 3.05) is 17.3 Å². The first-order chi connectivity index (χ1) is 8.27. The van der Waals surface area contributed by atoms with Gasteiger partial charge in [0.15, 0.2) is 5.82 Å². The number of hydrogen-bond acceptors (Lipinski definition) is 3. The summed E-state index contributed by atoms with van der Waals surface area (Å²) >= 11 is 5.93. The van der Waals surface area contributed by atoms with Crippen molar-refractivity contribution >= 4 is 17.4 Å². The summed E-state index contributed by atoms with van der Waals surface area (Å²) in [7, 11) is 0. The van der Waals surface area contributed by atoms with E-state index in [1.165, 1.54) is 0 Å². The highest BCUT2D eigenvalue weighted by atomic mass is 35.5. The smallest absolute Gasteiger partial charge is 0.293 e. The van der Waals surface area contributed by atoms with Gasteiger partial charge in [-0.05, 0) is 19.3 Å². The third-order valence-electron chi connectivity index (χ3n) is 3.19. The predicted octanol–water partition coefficient (Wildman–Crippen LogP) is 1.86. The summed E-state index contributed by atoms with van der Waals surface area (Å²) < 4.78 is 1.73. The lowest BCUT2D eigenvalue weighted by Crippen LogP contribution is -2.37. The van der Waals surface area contributed by atoms with Crippen LogP contribution in [0.5, 0.6) is 0 Å². The first-order valence-corrected chi connectivity index (χ1v) is 6.69. The molecule has 0 aromatic carbocycles. The molecular formula is C12H18ClN3O. The molecule has 94 valence electrons. The van der Waals surface area contributed by atoms with E-state index in [2.05, 4.69) is 16.8 Å². The van der Waals surface area contributed by atoms with Crippen molar-refractivity contribution in [1.29, 1.82) is 0 Å². The number of aromatic nitrogens is 2. The van der Waals surface area contributed by atoms with Crippen molar-refractivity contribution in [3.8, 4) is 0 Å². The first kappa shape index (κ1) is 12.4. The van der Waals surface area contributed by atoms with Gasteiger partial charge in [0.05, 0.1) is 0 Å². The molecule has 0 amide bonds. The molecule has 5 heteroatoms. The predicted molar refractivity (Wildman–Crippen MR) is 69.9 cm³/mol. The van der Waals surface area contributed by atoms with Gasteiger partial charge in [-0.25, -0.2) is 4.98 Å². The van der Waals surface area contributed by atoms with Gasteiger partial charge in [0, 0.05) is 37.4 Å². The lowest BCUT2D eigenvalue weighted by molar-refractivity contribution is 0.638. The largest absolute Gasteiger partial charge is 0.348 e. The van der Waals surface area contributed by atoms with Gasteiger partial charge in [-0.2, -0.15) is 0 Å². The molecule has 0 saturated carbocycles. The van der Waals surface area contributed by atoms with E-state index in [9.17, 15) is 4.79 Å². The van der Waals surface area contributed by atoms with Gasteiger partial charge in [-0.1, -0.05) is 6.92 Å². The Hall–Kier alpha value is -1.03. The number of anilines is 1. The molecule has 17 heavy (non-hydrogen) atoms. The van der Waals surface area contributed by atoms with Crippen molar-refractivity contribution < 1.29 is 0 Å². The maximum Gasteiger partial charge on any atom is 0.293 e. The van der Waals surface area contributed by atoms with Crippen molar-refractivity contribution in [2.45, 2.75) is 38.8 Å². The van der Waals surface area contributed by atoms with Crippen LogP contribution >= 0.6 is 11.6 Å². The number of rotatable bonds is 4. The van der Waals surface area contributed by atoms with Crippen LogP contribution in [0.1, 0.15) is 26.2 Å². The maximum atomic E-state index is 12.2. The second kappa shape index (κ2) is 5.54. The molecule has 0 N–H and O–H groups in total. The van der Waals surface area contributed by atoms with Crippen LogP contribution < -0.4 is 10.5 Å². The Kier molecular flexibility index (Phi) is 4.05. The molecule has 1 aromatic heterocycles. The molecule has 0 spiro atoms. The average molecular weight is 256 g/mol. The minimum absolute atomic E-state index is 0.00590. The van der Waals surface area contributed by atoms with E-state index in [1.807, 2.05) is 0 Å². The quantitative estimate of drug-likeness (QED) is 0.771. The second-order valence-electron chi connectivity index (χ2n) is 4.39. The fraction of sp³-hybridized carbons (Fsp3) is 0.667. The first-order valence-electron chi connectivity index (χ1n) is 6.16. The van der Waals surface area contributed by atoms with E-state index in [4.69, 9.17) is 11.6 Å². The number of aryl methyl sites for hydroxylation is 1. The fourth-order valence-electron chi connectivity index (χ4n) is 2.32. The van der Waals surface area contributed by atoms with E-state index in [0.29, 0.717) is 11.7 Å². The van der Waals surface area contributed by atoms with Crippen molar-refractivity contribution in [3.05, 3.63) is 22.7 Å². The number of nitrogens with zero attached hydrogens (tertiary/aromatic N) is 3. The molecule has 1 aliphatic rings. The van der Waals surface area contributed by atoms with Crippen LogP contribution in [0.3, 0.4) is 0 Å². The van der Waals surface area contributed by atoms with E-state index in [0.717, 1.165) is 32.4 Å². The standard InChI is InChI=1S/C12H18ClN3O/c1-2-6-15-8-5-14-11(12(15)17)16-7-3-4-10(16)9-13/h5,8,10H,2-4,6-7,9H2,1H3. The van der Waals surface area contributed by atoms with Crippen LogP contribution in [0.25, 0.3) is 0 Å². The third-order valence-corrected chi connectivity index (χ3v) is 3.54. The molecular weight excluding hydrogens is 238 g/mol. The molecule has 1 unspecified atom stereocenters. The summed E-state index contributed by atoms with van der Waals surface area (Å²) in [4.78, 5) is 18.5. The molecule has 2 heterocycles. The SMILES string of the molecule is CCCn1ccnc(N2CCCC2CCl)c1=O. The van der Waals surface area contributed by atoms with Gasteiger partial charge in [0.25, 0.3) is 5.56 Å². The Morgan fingerprint density at radius 2 is 2.41 bits per heavy atom. The molecule has 0 aliphatic carbocycles. The Bertz CT molecular complexity index is 432. The van der Waals surface area contributed by atoms with Gasteiger partial charge >= 0.3 is 0 Å². The van der Waals surface area contributed by atoms with Crippen LogP contribution in [0, 0.1) is 0 Å². The molecule has 1 saturated heterocycles. The molecule has 2 rings (SSSR count). The van der Waals surface area contributed by atoms with Crippen LogP contribution in [-0.2, 0) is 6.54 Å². The zero-order chi connectivity index (χ0) is 12.3. The van der Waals surface area contributed by atoms with Gasteiger partial charge in [0.2, 0.25) is 0 Å². The molecule has 4 nitrogen and oxygen atoms in total. The Morgan fingerprint density at radius 3 is 3.12 bits per heavy atom. The number of halogens is 1. The minimum Gasteiger partial charge on any atom is -0.348 e. The van der Waals surface area contributed by atoms with Crippen LogP contribution in [0.15, 0.2) is 17.2 Å². The Labute approximate surface area is 106 Å². The number of hydrogen-bond donors (Lipinski definition) is 0. The summed E-state index contributed by atoms with van der Waals surface area (Å²) in [6.07, 6.45) is 6.54. The van der Waals surface area contributed by atoms with E-state index in [1.54, 1.807) is 17.0 Å². The zero-order valence-electron chi connectivity index (χ0n) is 10.1. The Balaban J connectivity index is 2.32. The summed E-state index contributed by atoms with van der Waals surface area (Å²) in [6, 6.07) is 0.259. The number of alkyl halides is 1. The van der Waals surface area contributed by atoms with Crippen LogP contribution in [0.2, 0.25) is 0 Å². The van der Waals surface area contributed by atoms with E-state index >= 15 is 0 Å². The Morgan fingerprint density at radius 1 is 1.59 bits per heavy atom. The van der Waals surface area contributed by atoms with Crippen molar-refractivity contribution in [2.24, 2.45) is 0 Å². The summed E-state index contributed by atoms with van der Waals surface area (Å²) in [5.41, 5.74) is 0.00590. The lowest BCUT2D eigenvalue weighted by atomic mass is 10.2. The molecule has 1 aromatic rings. The van der Waals surface area contributed by atoms with Crippen LogP contribution in [0.4, 0.5) is 5.82 Å². The minimum atomic E-state index is 0.00590. The summed E-state index contributed by atoms with van der Waals surface area (Å²) in [6.45, 7) is 3.69. The van der Waals surface area contributed by atoms with Gasteiger partial charge in [0.1, 0.15) is 0 Å². The highest BCUT2D eigenvalue weighted by Crippen LogP contribution is 2.21. The monoisotopic (exact) mass is 255 g/mol. The highest BCUT2D eigenvalue weighted by Gasteiger charge is 2.26. The fourth-order valence-corrected chi connectivity index (χ4v) is 2.65. The lowest BCUT2D eigenvalue weighted by Gasteiger charge is -2.23. The van der Waals surface area contributed by atoms with E-state index in [-0.39, 0.29) is 11.6 Å². The van der Waals surface area contributed by atoms with Gasteiger partial charge in [-0.15, -0.1) is 11.6 Å². The molecule has 0 radical (unpaired) electrons. The molecule has 0 bridgehead atoms. The average Bonchev–Trinajstić information content (AvgIpc) is 2.80. The van der Waals surface area contributed by atoms with Crippen LogP contribution in [-0.4, -0.2) is 28.0 Å². The molecule has 1 fully saturated rings. The second-order valence-corrected chi connectivity index (χ2v) is 4.70. The summed E-state index contributed by atoms with van der Waals surface area (Å²) in [5.74, 6) is 1.12. The highest BCUT2D eigenvalue weighted by molar-refractivity contribution is 6.18. The maximum absolute atomic E-state index is 12.2. The van der Waals surface area contributed by atoms with Crippen molar-refractivity contribution in [1.82, 2.24) is 9.55 Å². The zero-order valence-corrected chi connectivity index (χ0v) is 10.9. The summed E-state index contributed by atoms with van der Waals surface area (Å²) in [5, 5.41) is 0. The van der Waals surface area contributed by atoms with E-state index < -0.39 is 0 Å². The van der Waals surface area contributed by atoms with Gasteiger partial charge in [-0.3, -0.25) is 4.79 Å². The van der Waals surface area contributed by atoms with Crippen molar-refractivity contribution in [3.63, 3.8) is 0 Å². The molecule has 1 atom stereocenters.